The van der Waals surface area contributed by atoms with Gasteiger partial charge in [0.2, 0.25) is 0 Å². The maximum absolute atomic E-state index is 3.52. The highest BCUT2D eigenvalue weighted by atomic mass is 15.2. The number of hydrogen-bond donors (Lipinski definition) is 2. The lowest BCUT2D eigenvalue weighted by molar-refractivity contribution is 0.589. The lowest BCUT2D eigenvalue weighted by Gasteiger charge is -2.29. The van der Waals surface area contributed by atoms with E-state index >= 15 is 0 Å². The second-order valence-electron chi connectivity index (χ2n) is 5.97. The van der Waals surface area contributed by atoms with Crippen molar-refractivity contribution in [2.45, 2.75) is 11.8 Å². The van der Waals surface area contributed by atoms with Crippen LogP contribution in [-0.4, -0.2) is 39.3 Å². The Hall–Kier alpha value is -1.06. The molecule has 2 atom stereocenters. The Labute approximate surface area is 109 Å². The van der Waals surface area contributed by atoms with Gasteiger partial charge >= 0.3 is 0 Å². The topological polar surface area (TPSA) is 27.3 Å². The van der Waals surface area contributed by atoms with Crippen molar-refractivity contribution in [2.24, 2.45) is 5.92 Å². The van der Waals surface area contributed by atoms with Crippen LogP contribution in [0.15, 0.2) is 24.3 Å². The highest BCUT2D eigenvalue weighted by molar-refractivity contribution is 5.51. The second-order valence-corrected chi connectivity index (χ2v) is 5.97. The van der Waals surface area contributed by atoms with E-state index in [-0.39, 0.29) is 0 Å². The van der Waals surface area contributed by atoms with Crippen LogP contribution in [0.2, 0.25) is 0 Å². The van der Waals surface area contributed by atoms with Crippen LogP contribution in [0.4, 0.5) is 5.69 Å². The molecule has 0 radical (unpaired) electrons. The number of hydrogen-bond acceptors (Lipinski definition) is 3. The SMILES string of the molecule is c1cc(C23CNCC2C3)ccc1N1CCNCC1. The van der Waals surface area contributed by atoms with Crippen molar-refractivity contribution >= 4 is 5.69 Å². The van der Waals surface area contributed by atoms with E-state index in [2.05, 4.69) is 39.8 Å². The fourth-order valence-electron chi connectivity index (χ4n) is 3.72. The fraction of sp³-hybridized carbons (Fsp3) is 0.600. The maximum atomic E-state index is 3.52. The monoisotopic (exact) mass is 243 g/mol. The molecule has 0 amide bonds. The van der Waals surface area contributed by atoms with Gasteiger partial charge in [0.15, 0.2) is 0 Å². The van der Waals surface area contributed by atoms with Crippen LogP contribution in [0.1, 0.15) is 12.0 Å². The Morgan fingerprint density at radius 1 is 1.06 bits per heavy atom. The molecular weight excluding hydrogens is 222 g/mol. The van der Waals surface area contributed by atoms with Gasteiger partial charge in [-0.3, -0.25) is 0 Å². The molecule has 3 fully saturated rings. The Morgan fingerprint density at radius 2 is 1.83 bits per heavy atom. The number of anilines is 1. The van der Waals surface area contributed by atoms with Gasteiger partial charge in [-0.2, -0.15) is 0 Å². The predicted molar refractivity (Wildman–Crippen MR) is 74.2 cm³/mol. The molecule has 4 rings (SSSR count). The molecule has 1 aromatic rings. The summed E-state index contributed by atoms with van der Waals surface area (Å²) in [7, 11) is 0. The molecule has 0 aromatic heterocycles. The number of fused-ring (bicyclic) bond motifs is 1. The molecule has 3 aliphatic rings. The summed E-state index contributed by atoms with van der Waals surface area (Å²) in [6, 6.07) is 9.38. The summed E-state index contributed by atoms with van der Waals surface area (Å²) in [6.07, 6.45) is 1.40. The molecule has 2 aliphatic heterocycles. The van der Waals surface area contributed by atoms with Crippen LogP contribution in [0.25, 0.3) is 0 Å². The van der Waals surface area contributed by atoms with Gasteiger partial charge in [-0.25, -0.2) is 0 Å². The minimum atomic E-state index is 0.502. The Balaban J connectivity index is 1.54. The third-order valence-electron chi connectivity index (χ3n) is 4.99. The first-order chi connectivity index (χ1) is 8.88. The third kappa shape index (κ3) is 1.57. The zero-order valence-electron chi connectivity index (χ0n) is 10.8. The largest absolute Gasteiger partial charge is 0.369 e. The first-order valence-corrected chi connectivity index (χ1v) is 7.15. The molecule has 18 heavy (non-hydrogen) atoms. The molecule has 1 saturated carbocycles. The van der Waals surface area contributed by atoms with Crippen LogP contribution in [0.3, 0.4) is 0 Å². The first-order valence-electron chi connectivity index (χ1n) is 7.15. The molecule has 2 N–H and O–H groups in total. The number of benzene rings is 1. The summed E-state index contributed by atoms with van der Waals surface area (Å²) in [4.78, 5) is 2.48. The fourth-order valence-corrected chi connectivity index (χ4v) is 3.72. The molecule has 96 valence electrons. The van der Waals surface area contributed by atoms with Gasteiger partial charge in [-0.15, -0.1) is 0 Å². The molecule has 1 aromatic carbocycles. The van der Waals surface area contributed by atoms with Gasteiger partial charge in [0.1, 0.15) is 0 Å². The van der Waals surface area contributed by atoms with Gasteiger partial charge < -0.3 is 15.5 Å². The van der Waals surface area contributed by atoms with Gasteiger partial charge in [0.05, 0.1) is 0 Å². The van der Waals surface area contributed by atoms with Gasteiger partial charge in [-0.05, 0) is 36.6 Å². The summed E-state index contributed by atoms with van der Waals surface area (Å²) < 4.78 is 0. The van der Waals surface area contributed by atoms with E-state index in [0.29, 0.717) is 5.41 Å². The van der Waals surface area contributed by atoms with Gasteiger partial charge in [0, 0.05) is 43.8 Å². The van der Waals surface area contributed by atoms with E-state index in [4.69, 9.17) is 0 Å². The number of piperazine rings is 1. The molecular formula is C15H21N3. The standard InChI is InChI=1S/C15H21N3/c1-3-14(18-7-5-16-6-8-18)4-2-12(1)15-9-13(15)10-17-11-15/h1-4,13,16-17H,5-11H2. The zero-order valence-corrected chi connectivity index (χ0v) is 10.8. The van der Waals surface area contributed by atoms with E-state index in [1.54, 1.807) is 5.56 Å². The molecule has 0 bridgehead atoms. The molecule has 3 heteroatoms. The van der Waals surface area contributed by atoms with E-state index in [9.17, 15) is 0 Å². The van der Waals surface area contributed by atoms with Crippen LogP contribution in [0, 0.1) is 5.92 Å². The number of nitrogens with one attached hydrogen (secondary N) is 2. The minimum Gasteiger partial charge on any atom is -0.369 e. The van der Waals surface area contributed by atoms with Crippen LogP contribution in [0.5, 0.6) is 0 Å². The van der Waals surface area contributed by atoms with Crippen LogP contribution >= 0.6 is 0 Å². The smallest absolute Gasteiger partial charge is 0.0367 e. The first kappa shape index (κ1) is 10.8. The predicted octanol–water partition coefficient (Wildman–Crippen LogP) is 0.957. The minimum absolute atomic E-state index is 0.502. The summed E-state index contributed by atoms with van der Waals surface area (Å²) in [5.74, 6) is 0.905. The quantitative estimate of drug-likeness (QED) is 0.810. The average molecular weight is 243 g/mol. The van der Waals surface area contributed by atoms with Crippen molar-refractivity contribution in [3.05, 3.63) is 29.8 Å². The maximum Gasteiger partial charge on any atom is 0.0367 e. The van der Waals surface area contributed by atoms with E-state index in [0.717, 1.165) is 32.1 Å². The molecule has 2 unspecified atom stereocenters. The highest BCUT2D eigenvalue weighted by Gasteiger charge is 2.57. The van der Waals surface area contributed by atoms with Crippen molar-refractivity contribution in [3.8, 4) is 0 Å². The summed E-state index contributed by atoms with van der Waals surface area (Å²) >= 11 is 0. The van der Waals surface area contributed by atoms with E-state index in [1.807, 2.05) is 0 Å². The van der Waals surface area contributed by atoms with Crippen molar-refractivity contribution in [3.63, 3.8) is 0 Å². The normalized spacial score (nSPS) is 34.4. The van der Waals surface area contributed by atoms with Gasteiger partial charge in [-0.1, -0.05) is 12.1 Å². The molecule has 0 spiro atoms. The van der Waals surface area contributed by atoms with E-state index in [1.165, 1.54) is 25.2 Å². The van der Waals surface area contributed by atoms with Crippen molar-refractivity contribution in [1.82, 2.24) is 10.6 Å². The number of rotatable bonds is 2. The highest BCUT2D eigenvalue weighted by Crippen LogP contribution is 2.56. The van der Waals surface area contributed by atoms with Crippen molar-refractivity contribution < 1.29 is 0 Å². The summed E-state index contributed by atoms with van der Waals surface area (Å²) in [6.45, 7) is 6.89. The van der Waals surface area contributed by atoms with E-state index < -0.39 is 0 Å². The van der Waals surface area contributed by atoms with Crippen LogP contribution in [-0.2, 0) is 5.41 Å². The zero-order chi connectivity index (χ0) is 12.0. The van der Waals surface area contributed by atoms with Crippen molar-refractivity contribution in [2.75, 3.05) is 44.2 Å². The molecule has 1 aliphatic carbocycles. The Morgan fingerprint density at radius 3 is 2.44 bits per heavy atom. The van der Waals surface area contributed by atoms with Gasteiger partial charge in [0.25, 0.3) is 0 Å². The molecule has 2 heterocycles. The second kappa shape index (κ2) is 3.97. The van der Waals surface area contributed by atoms with Crippen LogP contribution < -0.4 is 15.5 Å². The average Bonchev–Trinajstić information content (AvgIpc) is 3.02. The van der Waals surface area contributed by atoms with Crippen molar-refractivity contribution in [1.29, 1.82) is 0 Å². The third-order valence-corrected chi connectivity index (χ3v) is 4.99. The number of piperidine rings is 1. The summed E-state index contributed by atoms with van der Waals surface area (Å²) in [5, 5.41) is 6.92. The Bertz CT molecular complexity index is 436. The number of nitrogens with zero attached hydrogens (tertiary/aromatic N) is 1. The summed E-state index contributed by atoms with van der Waals surface area (Å²) in [5.41, 5.74) is 3.44. The lowest BCUT2D eigenvalue weighted by Crippen LogP contribution is -2.43. The lowest BCUT2D eigenvalue weighted by atomic mass is 9.95. The molecule has 2 saturated heterocycles. The Kier molecular flexibility index (Phi) is 2.39. The molecule has 3 nitrogen and oxygen atoms in total.